The number of ether oxygens (including phenoxy) is 3. The first-order chi connectivity index (χ1) is 12.9. The Balaban J connectivity index is 1.92. The van der Waals surface area contributed by atoms with E-state index in [-0.39, 0.29) is 23.1 Å². The number of esters is 1. The molecule has 1 N–H and O–H groups in total. The second kappa shape index (κ2) is 9.51. The lowest BCUT2D eigenvalue weighted by Crippen LogP contribution is -2.31. The number of carbonyl (C=O) groups is 2. The van der Waals surface area contributed by atoms with Gasteiger partial charge in [0.25, 0.3) is 5.91 Å². The molecule has 0 heterocycles. The number of nitrogens with one attached hydrogen (secondary N) is 1. The maximum Gasteiger partial charge on any atom is 0.387 e. The summed E-state index contributed by atoms with van der Waals surface area (Å²) >= 11 is 0. The van der Waals surface area contributed by atoms with E-state index < -0.39 is 25.1 Å². The van der Waals surface area contributed by atoms with Gasteiger partial charge in [0.15, 0.2) is 18.1 Å². The van der Waals surface area contributed by atoms with Crippen LogP contribution in [0.3, 0.4) is 0 Å². The second-order valence-electron chi connectivity index (χ2n) is 5.52. The van der Waals surface area contributed by atoms with Crippen LogP contribution in [0.5, 0.6) is 11.5 Å². The molecule has 0 radical (unpaired) electrons. The molecule has 0 spiro atoms. The highest BCUT2D eigenvalue weighted by Crippen LogP contribution is 2.29. The van der Waals surface area contributed by atoms with Crippen LogP contribution >= 0.6 is 0 Å². The van der Waals surface area contributed by atoms with Crippen molar-refractivity contribution in [1.29, 1.82) is 0 Å². The molecule has 0 saturated carbocycles. The maximum atomic E-state index is 12.3. The van der Waals surface area contributed by atoms with Gasteiger partial charge in [0.2, 0.25) is 0 Å². The molecule has 1 atom stereocenters. The van der Waals surface area contributed by atoms with Crippen molar-refractivity contribution in [3.8, 4) is 11.5 Å². The van der Waals surface area contributed by atoms with Crippen LogP contribution in [0.1, 0.15) is 28.9 Å². The molecule has 8 heteroatoms. The van der Waals surface area contributed by atoms with Crippen molar-refractivity contribution in [2.24, 2.45) is 0 Å². The number of rotatable bonds is 8. The van der Waals surface area contributed by atoms with Crippen molar-refractivity contribution in [3.05, 3.63) is 59.7 Å². The quantitative estimate of drug-likeness (QED) is 0.712. The van der Waals surface area contributed by atoms with Crippen LogP contribution in [0.15, 0.2) is 48.5 Å². The van der Waals surface area contributed by atoms with E-state index in [2.05, 4.69) is 10.1 Å². The second-order valence-corrected chi connectivity index (χ2v) is 5.52. The Labute approximate surface area is 155 Å². The summed E-state index contributed by atoms with van der Waals surface area (Å²) in [5.41, 5.74) is 0.953. The number of hydrogen-bond acceptors (Lipinski definition) is 5. The molecule has 0 aromatic heterocycles. The summed E-state index contributed by atoms with van der Waals surface area (Å²) in [5.74, 6) is -1.52. The molecular formula is C19H19F2NO5. The Hall–Kier alpha value is -3.16. The Morgan fingerprint density at radius 1 is 1.07 bits per heavy atom. The molecule has 6 nitrogen and oxygen atoms in total. The molecule has 0 bridgehead atoms. The number of benzene rings is 2. The molecule has 2 aromatic rings. The summed E-state index contributed by atoms with van der Waals surface area (Å²) < 4.78 is 38.8. The van der Waals surface area contributed by atoms with E-state index in [1.54, 1.807) is 0 Å². The Morgan fingerprint density at radius 2 is 1.78 bits per heavy atom. The number of carbonyl (C=O) groups excluding carboxylic acids is 2. The molecular weight excluding hydrogens is 360 g/mol. The van der Waals surface area contributed by atoms with E-state index in [9.17, 15) is 18.4 Å². The van der Waals surface area contributed by atoms with E-state index in [1.807, 2.05) is 37.3 Å². The minimum absolute atomic E-state index is 0.0392. The van der Waals surface area contributed by atoms with Gasteiger partial charge in [-0.25, -0.2) is 4.79 Å². The number of halogens is 2. The SMILES string of the molecule is COc1cc(C(=O)OCC(=O)NC(C)c2ccccc2)ccc1OC(F)F. The topological polar surface area (TPSA) is 73.9 Å². The zero-order chi connectivity index (χ0) is 19.8. The van der Waals surface area contributed by atoms with Gasteiger partial charge in [-0.15, -0.1) is 0 Å². The van der Waals surface area contributed by atoms with Crippen LogP contribution in [0, 0.1) is 0 Å². The predicted molar refractivity (Wildman–Crippen MR) is 92.9 cm³/mol. The molecule has 1 amide bonds. The lowest BCUT2D eigenvalue weighted by Gasteiger charge is -2.14. The Morgan fingerprint density at radius 3 is 2.41 bits per heavy atom. The molecule has 0 aliphatic rings. The van der Waals surface area contributed by atoms with Gasteiger partial charge in [0.1, 0.15) is 0 Å². The Bertz CT molecular complexity index is 783. The minimum Gasteiger partial charge on any atom is -0.493 e. The number of hydrogen-bond donors (Lipinski definition) is 1. The number of alkyl halides is 2. The van der Waals surface area contributed by atoms with E-state index in [4.69, 9.17) is 9.47 Å². The average Bonchev–Trinajstić information content (AvgIpc) is 2.66. The highest BCUT2D eigenvalue weighted by Gasteiger charge is 2.17. The predicted octanol–water partition coefficient (Wildman–Crippen LogP) is 3.33. The fourth-order valence-corrected chi connectivity index (χ4v) is 2.31. The molecule has 2 rings (SSSR count). The van der Waals surface area contributed by atoms with Gasteiger partial charge in [0.05, 0.1) is 18.7 Å². The Kier molecular flexibility index (Phi) is 7.10. The normalized spacial score (nSPS) is 11.6. The van der Waals surface area contributed by atoms with Crippen molar-refractivity contribution in [3.63, 3.8) is 0 Å². The van der Waals surface area contributed by atoms with Crippen molar-refractivity contribution < 1.29 is 32.6 Å². The fourth-order valence-electron chi connectivity index (χ4n) is 2.31. The molecule has 27 heavy (non-hydrogen) atoms. The third-order valence-corrected chi connectivity index (χ3v) is 3.63. The molecule has 2 aromatic carbocycles. The van der Waals surface area contributed by atoms with E-state index in [0.717, 1.165) is 5.56 Å². The highest BCUT2D eigenvalue weighted by molar-refractivity contribution is 5.92. The summed E-state index contributed by atoms with van der Waals surface area (Å²) in [6.07, 6.45) is 0. The largest absolute Gasteiger partial charge is 0.493 e. The summed E-state index contributed by atoms with van der Waals surface area (Å²) in [6.45, 7) is -1.69. The van der Waals surface area contributed by atoms with Gasteiger partial charge < -0.3 is 19.5 Å². The zero-order valence-electron chi connectivity index (χ0n) is 14.8. The van der Waals surface area contributed by atoms with Crippen molar-refractivity contribution >= 4 is 11.9 Å². The number of amides is 1. The molecule has 0 aliphatic heterocycles. The highest BCUT2D eigenvalue weighted by atomic mass is 19.3. The summed E-state index contributed by atoms with van der Waals surface area (Å²) in [7, 11) is 1.25. The van der Waals surface area contributed by atoms with E-state index >= 15 is 0 Å². The third kappa shape index (κ3) is 5.95. The van der Waals surface area contributed by atoms with Crippen LogP contribution in [0.4, 0.5) is 8.78 Å². The fraction of sp³-hybridized carbons (Fsp3) is 0.263. The van der Waals surface area contributed by atoms with Gasteiger partial charge in [0, 0.05) is 0 Å². The molecule has 0 aliphatic carbocycles. The van der Waals surface area contributed by atoms with Gasteiger partial charge in [-0.05, 0) is 30.7 Å². The molecule has 1 unspecified atom stereocenters. The summed E-state index contributed by atoms with van der Waals surface area (Å²) in [6, 6.07) is 12.7. The standard InChI is InChI=1S/C19H19F2NO5/c1-12(13-6-4-3-5-7-13)22-17(23)11-26-18(24)14-8-9-15(27-19(20)21)16(10-14)25-2/h3-10,12,19H,11H2,1-2H3,(H,22,23). The first-order valence-electron chi connectivity index (χ1n) is 8.05. The lowest BCUT2D eigenvalue weighted by molar-refractivity contribution is -0.124. The van der Waals surface area contributed by atoms with E-state index in [0.29, 0.717) is 0 Å². The van der Waals surface area contributed by atoms with Gasteiger partial charge >= 0.3 is 12.6 Å². The molecule has 0 fully saturated rings. The average molecular weight is 379 g/mol. The zero-order valence-corrected chi connectivity index (χ0v) is 14.8. The van der Waals surface area contributed by atoms with Crippen LogP contribution in [-0.4, -0.2) is 32.2 Å². The van der Waals surface area contributed by atoms with Crippen LogP contribution in [0.25, 0.3) is 0 Å². The molecule has 0 saturated heterocycles. The monoisotopic (exact) mass is 379 g/mol. The summed E-state index contributed by atoms with van der Waals surface area (Å²) in [5, 5.41) is 2.71. The van der Waals surface area contributed by atoms with Crippen LogP contribution in [0.2, 0.25) is 0 Å². The van der Waals surface area contributed by atoms with E-state index in [1.165, 1.54) is 25.3 Å². The van der Waals surface area contributed by atoms with Gasteiger partial charge in [-0.3, -0.25) is 4.79 Å². The van der Waals surface area contributed by atoms with Crippen molar-refractivity contribution in [2.75, 3.05) is 13.7 Å². The van der Waals surface area contributed by atoms with Gasteiger partial charge in [-0.1, -0.05) is 30.3 Å². The van der Waals surface area contributed by atoms with Crippen LogP contribution in [-0.2, 0) is 9.53 Å². The van der Waals surface area contributed by atoms with Gasteiger partial charge in [-0.2, -0.15) is 8.78 Å². The third-order valence-electron chi connectivity index (χ3n) is 3.63. The van der Waals surface area contributed by atoms with Crippen LogP contribution < -0.4 is 14.8 Å². The smallest absolute Gasteiger partial charge is 0.387 e. The van der Waals surface area contributed by atoms with Crippen molar-refractivity contribution in [1.82, 2.24) is 5.32 Å². The minimum atomic E-state index is -3.02. The first-order valence-corrected chi connectivity index (χ1v) is 8.05. The summed E-state index contributed by atoms with van der Waals surface area (Å²) in [4.78, 5) is 24.0. The van der Waals surface area contributed by atoms with Crippen molar-refractivity contribution in [2.45, 2.75) is 19.6 Å². The number of methoxy groups -OCH3 is 1. The first kappa shape index (κ1) is 20.2. The molecule has 144 valence electrons. The maximum absolute atomic E-state index is 12.3. The lowest BCUT2D eigenvalue weighted by atomic mass is 10.1.